The maximum Gasteiger partial charge on any atom is 0.287 e. The molecule has 0 spiro atoms. The molecule has 25 heavy (non-hydrogen) atoms. The van der Waals surface area contributed by atoms with Gasteiger partial charge in [-0.3, -0.25) is 14.6 Å². The maximum absolute atomic E-state index is 12.1. The van der Waals surface area contributed by atoms with Crippen LogP contribution in [0.1, 0.15) is 79.4 Å². The van der Waals surface area contributed by atoms with Crippen molar-refractivity contribution in [1.82, 2.24) is 15.3 Å². The van der Waals surface area contributed by atoms with Crippen molar-refractivity contribution in [1.29, 1.82) is 0 Å². The van der Waals surface area contributed by atoms with Gasteiger partial charge in [0.1, 0.15) is 5.69 Å². The highest BCUT2D eigenvalue weighted by atomic mass is 16.2. The number of aromatic nitrogens is 2. The Morgan fingerprint density at radius 1 is 1.16 bits per heavy atom. The van der Waals surface area contributed by atoms with Crippen molar-refractivity contribution >= 4 is 17.6 Å². The summed E-state index contributed by atoms with van der Waals surface area (Å²) in [6, 6.07) is 0. The molecule has 8 nitrogen and oxygen atoms in total. The molecule has 6 N–H and O–H groups in total. The number of aliphatic imine (C=N–C) groups is 1. The van der Waals surface area contributed by atoms with Crippen LogP contribution >= 0.6 is 0 Å². The lowest BCUT2D eigenvalue weighted by atomic mass is 10.1. The molecule has 1 rings (SSSR count). The van der Waals surface area contributed by atoms with E-state index in [9.17, 15) is 9.59 Å². The third-order valence-corrected chi connectivity index (χ3v) is 3.76. The number of hydrogen-bond acceptors (Lipinski definition) is 4. The molecule has 0 aliphatic carbocycles. The number of rotatable bonds is 13. The molecule has 0 aliphatic heterocycles. The average molecular weight is 350 g/mol. The van der Waals surface area contributed by atoms with Gasteiger partial charge in [0, 0.05) is 19.5 Å². The molecule has 1 heterocycles. The first-order chi connectivity index (χ1) is 12.0. The Bertz CT molecular complexity index is 563. The van der Waals surface area contributed by atoms with Gasteiger partial charge in [0.05, 0.1) is 6.20 Å². The van der Waals surface area contributed by atoms with Crippen LogP contribution in [-0.4, -0.2) is 40.7 Å². The number of carbonyl (C=O) groups excluding carboxylic acids is 2. The Labute approximate surface area is 148 Å². The second kappa shape index (κ2) is 12.0. The molecule has 8 heteroatoms. The predicted molar refractivity (Wildman–Crippen MR) is 98.5 cm³/mol. The number of unbranched alkanes of at least 4 members (excludes halogenated alkanes) is 5. The molecule has 0 unspecified atom stereocenters. The SMILES string of the molecule is CCCCCCNC(=O)c1ncc(C(=O)CCCCCN=C(N)N)[nH]1. The van der Waals surface area contributed by atoms with Gasteiger partial charge in [0.2, 0.25) is 0 Å². The Morgan fingerprint density at radius 3 is 2.64 bits per heavy atom. The van der Waals surface area contributed by atoms with E-state index >= 15 is 0 Å². The molecular weight excluding hydrogens is 320 g/mol. The molecule has 0 aromatic carbocycles. The van der Waals surface area contributed by atoms with Crippen molar-refractivity contribution in [2.45, 2.75) is 58.3 Å². The van der Waals surface area contributed by atoms with E-state index in [-0.39, 0.29) is 23.5 Å². The Hall–Kier alpha value is -2.38. The summed E-state index contributed by atoms with van der Waals surface area (Å²) in [5.74, 6) is -0.0413. The molecule has 0 saturated heterocycles. The molecule has 140 valence electrons. The predicted octanol–water partition coefficient (Wildman–Crippen LogP) is 1.74. The first-order valence-corrected chi connectivity index (χ1v) is 8.96. The number of amides is 1. The van der Waals surface area contributed by atoms with Gasteiger partial charge in [0.15, 0.2) is 17.6 Å². The number of H-pyrrole nitrogens is 1. The number of nitrogens with zero attached hydrogens (tertiary/aromatic N) is 2. The van der Waals surface area contributed by atoms with Crippen molar-refractivity contribution in [3.05, 3.63) is 17.7 Å². The molecule has 0 saturated carbocycles. The van der Waals surface area contributed by atoms with E-state index in [1.165, 1.54) is 12.6 Å². The zero-order valence-corrected chi connectivity index (χ0v) is 15.0. The summed E-state index contributed by atoms with van der Waals surface area (Å²) >= 11 is 0. The van der Waals surface area contributed by atoms with E-state index in [2.05, 4.69) is 27.2 Å². The quantitative estimate of drug-likeness (QED) is 0.186. The summed E-state index contributed by atoms with van der Waals surface area (Å²) in [5, 5.41) is 2.81. The summed E-state index contributed by atoms with van der Waals surface area (Å²) in [6.45, 7) is 3.34. The number of ketones is 1. The number of hydrogen-bond donors (Lipinski definition) is 4. The fourth-order valence-corrected chi connectivity index (χ4v) is 2.33. The lowest BCUT2D eigenvalue weighted by molar-refractivity contribution is 0.0943. The van der Waals surface area contributed by atoms with E-state index in [0.717, 1.165) is 38.5 Å². The smallest absolute Gasteiger partial charge is 0.287 e. The van der Waals surface area contributed by atoms with Crippen molar-refractivity contribution in [3.63, 3.8) is 0 Å². The van der Waals surface area contributed by atoms with Crippen LogP contribution < -0.4 is 16.8 Å². The van der Waals surface area contributed by atoms with Gasteiger partial charge in [-0.05, 0) is 19.3 Å². The molecule has 1 amide bonds. The van der Waals surface area contributed by atoms with Crippen molar-refractivity contribution in [2.24, 2.45) is 16.5 Å². The summed E-state index contributed by atoms with van der Waals surface area (Å²) in [7, 11) is 0. The molecule has 1 aromatic rings. The number of imidazole rings is 1. The first kappa shape index (κ1) is 20.7. The van der Waals surface area contributed by atoms with E-state index in [1.807, 2.05) is 0 Å². The fourth-order valence-electron chi connectivity index (χ4n) is 2.33. The lowest BCUT2D eigenvalue weighted by Gasteiger charge is -2.02. The fraction of sp³-hybridized carbons (Fsp3) is 0.647. The lowest BCUT2D eigenvalue weighted by Crippen LogP contribution is -2.25. The third-order valence-electron chi connectivity index (χ3n) is 3.76. The van der Waals surface area contributed by atoms with E-state index in [1.54, 1.807) is 0 Å². The molecule has 0 fully saturated rings. The van der Waals surface area contributed by atoms with Gasteiger partial charge in [-0.1, -0.05) is 32.6 Å². The number of Topliss-reactive ketones (excluding diaryl/α,β-unsaturated/α-hetero) is 1. The first-order valence-electron chi connectivity index (χ1n) is 8.96. The maximum atomic E-state index is 12.1. The van der Waals surface area contributed by atoms with Crippen LogP contribution in [0, 0.1) is 0 Å². The number of guanidine groups is 1. The topological polar surface area (TPSA) is 139 Å². The van der Waals surface area contributed by atoms with Gasteiger partial charge < -0.3 is 21.8 Å². The minimum atomic E-state index is -0.271. The minimum Gasteiger partial charge on any atom is -0.370 e. The zero-order chi connectivity index (χ0) is 18.5. The largest absolute Gasteiger partial charge is 0.370 e. The zero-order valence-electron chi connectivity index (χ0n) is 15.0. The van der Waals surface area contributed by atoms with Crippen LogP contribution in [0.5, 0.6) is 0 Å². The number of aromatic amines is 1. The van der Waals surface area contributed by atoms with Crippen molar-refractivity contribution < 1.29 is 9.59 Å². The summed E-state index contributed by atoms with van der Waals surface area (Å²) in [4.78, 5) is 34.7. The Morgan fingerprint density at radius 2 is 1.92 bits per heavy atom. The third kappa shape index (κ3) is 8.88. The van der Waals surface area contributed by atoms with Crippen LogP contribution in [-0.2, 0) is 0 Å². The van der Waals surface area contributed by atoms with E-state index < -0.39 is 0 Å². The highest BCUT2D eigenvalue weighted by Gasteiger charge is 2.13. The summed E-state index contributed by atoms with van der Waals surface area (Å²) in [6.07, 6.45) is 8.65. The van der Waals surface area contributed by atoms with E-state index in [4.69, 9.17) is 11.5 Å². The molecule has 1 aromatic heterocycles. The standard InChI is InChI=1S/C17H30N6O2/c1-2-3-4-7-10-20-16(25)15-22-12-13(23-15)14(24)9-6-5-8-11-21-17(18)19/h12H,2-11H2,1H3,(H,20,25)(H,22,23)(H4,18,19,21). The van der Waals surface area contributed by atoms with Crippen LogP contribution in [0.2, 0.25) is 0 Å². The van der Waals surface area contributed by atoms with Crippen LogP contribution in [0.4, 0.5) is 0 Å². The Kier molecular flexibility index (Phi) is 9.96. The number of carbonyl (C=O) groups is 2. The molecule has 0 radical (unpaired) electrons. The highest BCUT2D eigenvalue weighted by Crippen LogP contribution is 2.07. The van der Waals surface area contributed by atoms with Gasteiger partial charge in [0.25, 0.3) is 5.91 Å². The van der Waals surface area contributed by atoms with Crippen LogP contribution in [0.3, 0.4) is 0 Å². The van der Waals surface area contributed by atoms with Crippen LogP contribution in [0.15, 0.2) is 11.2 Å². The van der Waals surface area contributed by atoms with Crippen molar-refractivity contribution in [2.75, 3.05) is 13.1 Å². The molecule has 0 bridgehead atoms. The molecule has 0 aliphatic rings. The molecular formula is C17H30N6O2. The molecule has 0 atom stereocenters. The van der Waals surface area contributed by atoms with Crippen LogP contribution in [0.25, 0.3) is 0 Å². The summed E-state index contributed by atoms with van der Waals surface area (Å²) in [5.41, 5.74) is 10.9. The van der Waals surface area contributed by atoms with Gasteiger partial charge in [-0.15, -0.1) is 0 Å². The second-order valence-electron chi connectivity index (χ2n) is 6.00. The van der Waals surface area contributed by atoms with Gasteiger partial charge >= 0.3 is 0 Å². The van der Waals surface area contributed by atoms with Gasteiger partial charge in [-0.2, -0.15) is 0 Å². The number of nitrogens with one attached hydrogen (secondary N) is 2. The van der Waals surface area contributed by atoms with Gasteiger partial charge in [-0.25, -0.2) is 4.98 Å². The Balaban J connectivity index is 2.27. The average Bonchev–Trinajstić information content (AvgIpc) is 3.07. The monoisotopic (exact) mass is 350 g/mol. The normalized spacial score (nSPS) is 10.4. The summed E-state index contributed by atoms with van der Waals surface area (Å²) < 4.78 is 0. The number of nitrogens with two attached hydrogens (primary N) is 2. The minimum absolute atomic E-state index is 0.0451. The van der Waals surface area contributed by atoms with Crippen molar-refractivity contribution in [3.8, 4) is 0 Å². The van der Waals surface area contributed by atoms with E-state index in [0.29, 0.717) is 25.2 Å². The second-order valence-corrected chi connectivity index (χ2v) is 6.00. The highest BCUT2D eigenvalue weighted by molar-refractivity contribution is 5.96.